The quantitative estimate of drug-likeness (QED) is 0.830. The van der Waals surface area contributed by atoms with E-state index >= 15 is 0 Å². The zero-order valence-corrected chi connectivity index (χ0v) is 11.1. The van der Waals surface area contributed by atoms with E-state index in [2.05, 4.69) is 6.92 Å². The molecule has 1 aromatic carbocycles. The molecule has 1 fully saturated rings. The van der Waals surface area contributed by atoms with E-state index in [-0.39, 0.29) is 11.9 Å². The van der Waals surface area contributed by atoms with Gasteiger partial charge in [0.25, 0.3) is 0 Å². The number of carboxylic acids is 1. The third-order valence-corrected chi connectivity index (χ3v) is 3.69. The highest BCUT2D eigenvalue weighted by Crippen LogP contribution is 2.37. The van der Waals surface area contributed by atoms with Crippen LogP contribution >= 0.6 is 0 Å². The molecule has 102 valence electrons. The fourth-order valence-electron chi connectivity index (χ4n) is 2.30. The Morgan fingerprint density at radius 1 is 1.53 bits per heavy atom. The summed E-state index contributed by atoms with van der Waals surface area (Å²) in [5.41, 5.74) is 1.07. The molecule has 0 radical (unpaired) electrons. The largest absolute Gasteiger partial charge is 0.478 e. The lowest BCUT2D eigenvalue weighted by atomic mass is 10.1. The highest BCUT2D eigenvalue weighted by molar-refractivity contribution is 5.87. The second-order valence-electron chi connectivity index (χ2n) is 5.04. The first-order valence-electron chi connectivity index (χ1n) is 6.43. The van der Waals surface area contributed by atoms with Crippen LogP contribution in [0, 0.1) is 11.7 Å². The number of hydrogen-bond donors (Lipinski definition) is 1. The highest BCUT2D eigenvalue weighted by atomic mass is 19.1. The third kappa shape index (κ3) is 3.13. The Balaban J connectivity index is 2.33. The van der Waals surface area contributed by atoms with Crippen molar-refractivity contribution >= 4 is 17.7 Å². The molecule has 0 heterocycles. The molecule has 1 atom stereocenters. The van der Waals surface area contributed by atoms with Gasteiger partial charge in [-0.1, -0.05) is 12.1 Å². The lowest BCUT2D eigenvalue weighted by molar-refractivity contribution is -0.131. The smallest absolute Gasteiger partial charge is 0.328 e. The van der Waals surface area contributed by atoms with Crippen molar-refractivity contribution in [2.45, 2.75) is 25.8 Å². The van der Waals surface area contributed by atoms with Gasteiger partial charge in [-0.25, -0.2) is 9.18 Å². The summed E-state index contributed by atoms with van der Waals surface area (Å²) in [6.07, 6.45) is 4.84. The van der Waals surface area contributed by atoms with Crippen molar-refractivity contribution in [2.75, 3.05) is 11.9 Å². The van der Waals surface area contributed by atoms with Crippen molar-refractivity contribution in [3.8, 4) is 0 Å². The van der Waals surface area contributed by atoms with Crippen molar-refractivity contribution in [3.63, 3.8) is 0 Å². The Kier molecular flexibility index (Phi) is 3.88. The van der Waals surface area contributed by atoms with E-state index < -0.39 is 5.97 Å². The molecule has 2 rings (SSSR count). The Morgan fingerprint density at radius 3 is 2.79 bits per heavy atom. The molecule has 0 saturated heterocycles. The van der Waals surface area contributed by atoms with Gasteiger partial charge >= 0.3 is 5.97 Å². The molecule has 0 aromatic heterocycles. The van der Waals surface area contributed by atoms with Crippen molar-refractivity contribution in [1.29, 1.82) is 0 Å². The van der Waals surface area contributed by atoms with Gasteiger partial charge in [0.1, 0.15) is 5.82 Å². The first kappa shape index (κ1) is 13.6. The zero-order valence-electron chi connectivity index (χ0n) is 11.1. The number of carboxylic acid groups (broad SMARTS) is 1. The maximum absolute atomic E-state index is 14.0. The summed E-state index contributed by atoms with van der Waals surface area (Å²) in [6, 6.07) is 4.99. The SMILES string of the molecule is CC(C1CC1)N(C)c1c(F)cccc1/C=C/C(=O)O. The van der Waals surface area contributed by atoms with E-state index in [9.17, 15) is 9.18 Å². The molecule has 1 N–H and O–H groups in total. The summed E-state index contributed by atoms with van der Waals surface area (Å²) < 4.78 is 14.0. The van der Waals surface area contributed by atoms with Crippen molar-refractivity contribution in [2.24, 2.45) is 5.92 Å². The molecule has 0 amide bonds. The Hall–Kier alpha value is -1.84. The first-order chi connectivity index (χ1) is 9.00. The van der Waals surface area contributed by atoms with Crippen molar-refractivity contribution in [1.82, 2.24) is 0 Å². The number of hydrogen-bond acceptors (Lipinski definition) is 2. The molecule has 4 heteroatoms. The molecule has 0 spiro atoms. The van der Waals surface area contributed by atoms with Crippen LogP contribution in [-0.4, -0.2) is 24.2 Å². The third-order valence-electron chi connectivity index (χ3n) is 3.69. The highest BCUT2D eigenvalue weighted by Gasteiger charge is 2.31. The van der Waals surface area contributed by atoms with E-state index in [0.29, 0.717) is 17.2 Å². The van der Waals surface area contributed by atoms with Crippen LogP contribution in [0.5, 0.6) is 0 Å². The summed E-state index contributed by atoms with van der Waals surface area (Å²) >= 11 is 0. The summed E-state index contributed by atoms with van der Waals surface area (Å²) in [5, 5.41) is 8.69. The first-order valence-corrected chi connectivity index (χ1v) is 6.43. The van der Waals surface area contributed by atoms with E-state index in [4.69, 9.17) is 5.11 Å². The average Bonchev–Trinajstić information content (AvgIpc) is 3.19. The van der Waals surface area contributed by atoms with Gasteiger partial charge < -0.3 is 10.0 Å². The normalized spacial score (nSPS) is 16.6. The Bertz CT molecular complexity index is 509. The standard InChI is InChI=1S/C15H18FNO2/c1-10(11-6-7-11)17(2)15-12(8-9-14(18)19)4-3-5-13(15)16/h3-5,8-11H,6-7H2,1-2H3,(H,18,19)/b9-8+. The number of aliphatic carboxylic acids is 1. The minimum Gasteiger partial charge on any atom is -0.478 e. The van der Waals surface area contributed by atoms with Gasteiger partial charge in [-0.05, 0) is 37.8 Å². The molecule has 1 aromatic rings. The van der Waals surface area contributed by atoms with Gasteiger partial charge in [-0.15, -0.1) is 0 Å². The number of para-hydroxylation sites is 1. The molecular weight excluding hydrogens is 245 g/mol. The maximum Gasteiger partial charge on any atom is 0.328 e. The molecule has 1 saturated carbocycles. The second-order valence-corrected chi connectivity index (χ2v) is 5.04. The minimum absolute atomic E-state index is 0.258. The van der Waals surface area contributed by atoms with Gasteiger partial charge in [0.05, 0.1) is 5.69 Å². The van der Waals surface area contributed by atoms with Crippen LogP contribution in [0.15, 0.2) is 24.3 Å². The minimum atomic E-state index is -1.03. The monoisotopic (exact) mass is 263 g/mol. The van der Waals surface area contributed by atoms with Crippen LogP contribution in [0.3, 0.4) is 0 Å². The van der Waals surface area contributed by atoms with Crippen LogP contribution in [0.2, 0.25) is 0 Å². The number of nitrogens with zero attached hydrogens (tertiary/aromatic N) is 1. The number of rotatable bonds is 5. The van der Waals surface area contributed by atoms with E-state index in [1.165, 1.54) is 25.0 Å². The molecule has 0 bridgehead atoms. The lowest BCUT2D eigenvalue weighted by Crippen LogP contribution is -2.31. The number of halogens is 1. The summed E-state index contributed by atoms with van der Waals surface area (Å²) in [4.78, 5) is 12.5. The Labute approximate surface area is 112 Å². The molecular formula is C15H18FNO2. The molecule has 1 unspecified atom stereocenters. The molecule has 1 aliphatic carbocycles. The lowest BCUT2D eigenvalue weighted by Gasteiger charge is -2.29. The van der Waals surface area contributed by atoms with Crippen LogP contribution < -0.4 is 4.90 Å². The summed E-state index contributed by atoms with van der Waals surface area (Å²) in [6.45, 7) is 2.08. The fourth-order valence-corrected chi connectivity index (χ4v) is 2.30. The summed E-state index contributed by atoms with van der Waals surface area (Å²) in [7, 11) is 1.86. The van der Waals surface area contributed by atoms with Gasteiger partial charge in [-0.2, -0.15) is 0 Å². The Morgan fingerprint density at radius 2 is 2.21 bits per heavy atom. The van der Waals surface area contributed by atoms with Gasteiger partial charge in [0.2, 0.25) is 0 Å². The number of carbonyl (C=O) groups is 1. The molecule has 19 heavy (non-hydrogen) atoms. The van der Waals surface area contributed by atoms with Gasteiger partial charge in [0, 0.05) is 24.7 Å². The predicted molar refractivity (Wildman–Crippen MR) is 73.7 cm³/mol. The predicted octanol–water partition coefficient (Wildman–Crippen LogP) is 3.16. The van der Waals surface area contributed by atoms with Crippen LogP contribution in [0.4, 0.5) is 10.1 Å². The second kappa shape index (κ2) is 5.43. The van der Waals surface area contributed by atoms with Gasteiger partial charge in [0.15, 0.2) is 0 Å². The zero-order chi connectivity index (χ0) is 14.0. The molecule has 1 aliphatic rings. The van der Waals surface area contributed by atoms with Crippen LogP contribution in [0.1, 0.15) is 25.3 Å². The van der Waals surface area contributed by atoms with Crippen molar-refractivity contribution < 1.29 is 14.3 Å². The van der Waals surface area contributed by atoms with Crippen LogP contribution in [-0.2, 0) is 4.79 Å². The molecule has 3 nitrogen and oxygen atoms in total. The van der Waals surface area contributed by atoms with E-state index in [0.717, 1.165) is 6.08 Å². The topological polar surface area (TPSA) is 40.5 Å². The van der Waals surface area contributed by atoms with Gasteiger partial charge in [-0.3, -0.25) is 0 Å². The van der Waals surface area contributed by atoms with E-state index in [1.807, 2.05) is 11.9 Å². The fraction of sp³-hybridized carbons (Fsp3) is 0.400. The maximum atomic E-state index is 14.0. The van der Waals surface area contributed by atoms with Crippen LogP contribution in [0.25, 0.3) is 6.08 Å². The number of anilines is 1. The number of benzene rings is 1. The molecule has 0 aliphatic heterocycles. The van der Waals surface area contributed by atoms with Crippen molar-refractivity contribution in [3.05, 3.63) is 35.7 Å². The average molecular weight is 263 g/mol. The summed E-state index contributed by atoms with van der Waals surface area (Å²) in [5.74, 6) is -0.739. The van der Waals surface area contributed by atoms with E-state index in [1.54, 1.807) is 12.1 Å².